The lowest BCUT2D eigenvalue weighted by Gasteiger charge is -2.08. The summed E-state index contributed by atoms with van der Waals surface area (Å²) >= 11 is 12.0. The monoisotopic (exact) mass is 322 g/mol. The number of aromatic nitrogens is 4. The van der Waals surface area contributed by atoms with Crippen molar-refractivity contribution in [3.63, 3.8) is 0 Å². The molecule has 3 rings (SSSR count). The third-order valence-electron chi connectivity index (χ3n) is 3.22. The lowest BCUT2D eigenvalue weighted by atomic mass is 10.2. The Hall–Kier alpha value is -1.85. The highest BCUT2D eigenvalue weighted by molar-refractivity contribution is 6.35. The van der Waals surface area contributed by atoms with Crippen LogP contribution in [0.2, 0.25) is 10.4 Å². The first-order chi connectivity index (χ1) is 10.1. The highest BCUT2D eigenvalue weighted by atomic mass is 35.5. The minimum Gasteiger partial charge on any atom is -0.497 e. The third kappa shape index (κ3) is 2.66. The maximum Gasteiger partial charge on any atom is 0.225 e. The summed E-state index contributed by atoms with van der Waals surface area (Å²) in [5, 5.41) is 0.403. The zero-order valence-corrected chi connectivity index (χ0v) is 13.0. The van der Waals surface area contributed by atoms with Gasteiger partial charge in [0, 0.05) is 6.54 Å². The summed E-state index contributed by atoms with van der Waals surface area (Å²) in [7, 11) is 1.64. The second kappa shape index (κ2) is 5.50. The van der Waals surface area contributed by atoms with Crippen molar-refractivity contribution < 1.29 is 4.74 Å². The summed E-state index contributed by atoms with van der Waals surface area (Å²) < 4.78 is 7.12. The fraction of sp³-hybridized carbons (Fsp3) is 0.214. The molecule has 21 heavy (non-hydrogen) atoms. The van der Waals surface area contributed by atoms with E-state index in [0.29, 0.717) is 22.9 Å². The van der Waals surface area contributed by atoms with E-state index < -0.39 is 0 Å². The Morgan fingerprint density at radius 1 is 1.10 bits per heavy atom. The van der Waals surface area contributed by atoms with Crippen LogP contribution >= 0.6 is 23.2 Å². The Morgan fingerprint density at radius 3 is 2.48 bits per heavy atom. The molecule has 3 aromatic rings. The highest BCUT2D eigenvalue weighted by Gasteiger charge is 2.14. The van der Waals surface area contributed by atoms with Crippen LogP contribution in [-0.4, -0.2) is 26.6 Å². The van der Waals surface area contributed by atoms with Gasteiger partial charge >= 0.3 is 0 Å². The minimum absolute atomic E-state index is 0.0987. The molecule has 0 unspecified atom stereocenters. The molecule has 0 saturated carbocycles. The van der Waals surface area contributed by atoms with Gasteiger partial charge in [0.15, 0.2) is 10.8 Å². The SMILES string of the molecule is COc1ccc(Cn2c(C)nc3nc(Cl)nc(Cl)c32)cc1. The van der Waals surface area contributed by atoms with Crippen molar-refractivity contribution in [2.24, 2.45) is 0 Å². The van der Waals surface area contributed by atoms with Gasteiger partial charge in [-0.05, 0) is 36.2 Å². The fourth-order valence-corrected chi connectivity index (χ4v) is 2.66. The Bertz CT molecular complexity index is 799. The van der Waals surface area contributed by atoms with Crippen LogP contribution < -0.4 is 4.74 Å². The van der Waals surface area contributed by atoms with E-state index >= 15 is 0 Å². The molecule has 0 aliphatic rings. The van der Waals surface area contributed by atoms with E-state index in [2.05, 4.69) is 15.0 Å². The summed E-state index contributed by atoms with van der Waals surface area (Å²) in [6.45, 7) is 2.52. The lowest BCUT2D eigenvalue weighted by molar-refractivity contribution is 0.414. The first-order valence-corrected chi connectivity index (χ1v) is 7.03. The molecule has 0 amide bonds. The van der Waals surface area contributed by atoms with Gasteiger partial charge < -0.3 is 9.30 Å². The van der Waals surface area contributed by atoms with Crippen molar-refractivity contribution in [1.29, 1.82) is 0 Å². The van der Waals surface area contributed by atoms with Crippen molar-refractivity contribution >= 4 is 34.4 Å². The number of halogens is 2. The molecule has 0 saturated heterocycles. The predicted octanol–water partition coefficient (Wildman–Crippen LogP) is 3.50. The van der Waals surface area contributed by atoms with Gasteiger partial charge in [0.05, 0.1) is 7.11 Å². The van der Waals surface area contributed by atoms with Gasteiger partial charge in [-0.3, -0.25) is 0 Å². The van der Waals surface area contributed by atoms with Crippen molar-refractivity contribution in [1.82, 2.24) is 19.5 Å². The zero-order valence-electron chi connectivity index (χ0n) is 11.5. The smallest absolute Gasteiger partial charge is 0.225 e. The van der Waals surface area contributed by atoms with Gasteiger partial charge in [-0.2, -0.15) is 4.98 Å². The van der Waals surface area contributed by atoms with Crippen LogP contribution in [0.3, 0.4) is 0 Å². The number of nitrogens with zero attached hydrogens (tertiary/aromatic N) is 4. The molecule has 0 atom stereocenters. The maximum absolute atomic E-state index is 6.18. The number of rotatable bonds is 3. The molecule has 0 N–H and O–H groups in total. The van der Waals surface area contributed by atoms with E-state index in [4.69, 9.17) is 27.9 Å². The van der Waals surface area contributed by atoms with Crippen LogP contribution in [-0.2, 0) is 6.54 Å². The Labute approximate surface area is 131 Å². The number of ether oxygens (including phenoxy) is 1. The fourth-order valence-electron chi connectivity index (χ4n) is 2.18. The topological polar surface area (TPSA) is 52.8 Å². The molecule has 0 fully saturated rings. The molecule has 108 valence electrons. The summed E-state index contributed by atoms with van der Waals surface area (Å²) in [6.07, 6.45) is 0. The molecule has 0 bridgehead atoms. The summed E-state index contributed by atoms with van der Waals surface area (Å²) in [5.74, 6) is 1.62. The standard InChI is InChI=1S/C14H12Cl2N4O/c1-8-17-13-11(12(15)18-14(16)19-13)20(8)7-9-3-5-10(21-2)6-4-9/h3-6H,7H2,1-2H3. The van der Waals surface area contributed by atoms with Gasteiger partial charge in [-0.1, -0.05) is 23.7 Å². The van der Waals surface area contributed by atoms with Gasteiger partial charge in [-0.15, -0.1) is 0 Å². The molecular weight excluding hydrogens is 311 g/mol. The number of methoxy groups -OCH3 is 1. The second-order valence-corrected chi connectivity index (χ2v) is 5.24. The largest absolute Gasteiger partial charge is 0.497 e. The van der Waals surface area contributed by atoms with E-state index in [0.717, 1.165) is 17.1 Å². The first kappa shape index (κ1) is 14.1. The minimum atomic E-state index is 0.0987. The van der Waals surface area contributed by atoms with Gasteiger partial charge in [0.2, 0.25) is 5.28 Å². The molecular formula is C14H12Cl2N4O. The number of hydrogen-bond donors (Lipinski definition) is 0. The van der Waals surface area contributed by atoms with Crippen LogP contribution in [0.1, 0.15) is 11.4 Å². The van der Waals surface area contributed by atoms with E-state index in [-0.39, 0.29) is 5.28 Å². The molecule has 5 nitrogen and oxygen atoms in total. The van der Waals surface area contributed by atoms with Crippen LogP contribution in [0.25, 0.3) is 11.2 Å². The molecule has 0 aliphatic heterocycles. The Kier molecular flexibility index (Phi) is 3.69. The van der Waals surface area contributed by atoms with Crippen molar-refractivity contribution in [3.05, 3.63) is 46.1 Å². The summed E-state index contributed by atoms with van der Waals surface area (Å²) in [5.41, 5.74) is 2.30. The number of hydrogen-bond acceptors (Lipinski definition) is 4. The highest BCUT2D eigenvalue weighted by Crippen LogP contribution is 2.24. The Balaban J connectivity index is 2.05. The molecule has 0 radical (unpaired) electrons. The zero-order chi connectivity index (χ0) is 15.0. The van der Waals surface area contributed by atoms with E-state index in [1.54, 1.807) is 7.11 Å². The van der Waals surface area contributed by atoms with Crippen LogP contribution in [0.15, 0.2) is 24.3 Å². The molecule has 7 heteroatoms. The van der Waals surface area contributed by atoms with Crippen molar-refractivity contribution in [3.8, 4) is 5.75 Å². The van der Waals surface area contributed by atoms with Crippen LogP contribution in [0.4, 0.5) is 0 Å². The number of benzene rings is 1. The summed E-state index contributed by atoms with van der Waals surface area (Å²) in [6, 6.07) is 7.82. The number of aryl methyl sites for hydroxylation is 1. The molecule has 0 spiro atoms. The average molecular weight is 323 g/mol. The first-order valence-electron chi connectivity index (χ1n) is 6.27. The lowest BCUT2D eigenvalue weighted by Crippen LogP contribution is -2.03. The third-order valence-corrected chi connectivity index (χ3v) is 3.66. The van der Waals surface area contributed by atoms with E-state index in [9.17, 15) is 0 Å². The second-order valence-electron chi connectivity index (χ2n) is 4.55. The predicted molar refractivity (Wildman–Crippen MR) is 82.2 cm³/mol. The van der Waals surface area contributed by atoms with Crippen LogP contribution in [0, 0.1) is 6.92 Å². The Morgan fingerprint density at radius 2 is 1.81 bits per heavy atom. The van der Waals surface area contributed by atoms with E-state index in [1.165, 1.54) is 0 Å². The van der Waals surface area contributed by atoms with Crippen LogP contribution in [0.5, 0.6) is 5.75 Å². The van der Waals surface area contributed by atoms with E-state index in [1.807, 2.05) is 35.8 Å². The van der Waals surface area contributed by atoms with Crippen molar-refractivity contribution in [2.75, 3.05) is 7.11 Å². The van der Waals surface area contributed by atoms with Gasteiger partial charge in [-0.25, -0.2) is 9.97 Å². The van der Waals surface area contributed by atoms with Crippen molar-refractivity contribution in [2.45, 2.75) is 13.5 Å². The molecule has 2 aromatic heterocycles. The molecule has 0 aliphatic carbocycles. The maximum atomic E-state index is 6.18. The normalized spacial score (nSPS) is 11.0. The average Bonchev–Trinajstić information content (AvgIpc) is 2.76. The van der Waals surface area contributed by atoms with Gasteiger partial charge in [0.1, 0.15) is 17.1 Å². The summed E-state index contributed by atoms with van der Waals surface area (Å²) in [4.78, 5) is 12.5. The molecule has 2 heterocycles. The number of imidazole rings is 1. The molecule has 1 aromatic carbocycles. The van der Waals surface area contributed by atoms with Gasteiger partial charge in [0.25, 0.3) is 0 Å². The quantitative estimate of drug-likeness (QED) is 0.547. The number of fused-ring (bicyclic) bond motifs is 1.